The molecule has 0 saturated heterocycles. The molecule has 3 heteroatoms. The summed E-state index contributed by atoms with van der Waals surface area (Å²) in [5.41, 5.74) is 17.1. The molecule has 3 N–H and O–H groups in total. The molecule has 5 aromatic rings. The van der Waals surface area contributed by atoms with E-state index in [2.05, 4.69) is 133 Å². The van der Waals surface area contributed by atoms with Crippen LogP contribution in [-0.4, -0.2) is 0 Å². The number of nitrogens with one attached hydrogen (secondary N) is 1. The maximum absolute atomic E-state index is 5.96. The topological polar surface area (TPSA) is 41.3 Å². The molecule has 0 fully saturated rings. The van der Waals surface area contributed by atoms with Crippen LogP contribution in [0, 0.1) is 13.8 Å². The highest BCUT2D eigenvalue weighted by atomic mass is 15.1. The average Bonchev–Trinajstić information content (AvgIpc) is 2.89. The third kappa shape index (κ3) is 4.90. The highest BCUT2D eigenvalue weighted by Gasteiger charge is 2.14. The minimum atomic E-state index is 0.759. The lowest BCUT2D eigenvalue weighted by Gasteiger charge is -2.27. The highest BCUT2D eigenvalue weighted by Crippen LogP contribution is 2.37. The van der Waals surface area contributed by atoms with E-state index in [4.69, 9.17) is 5.73 Å². The summed E-state index contributed by atoms with van der Waals surface area (Å²) in [6.45, 7) is 4.25. The Morgan fingerprint density at radius 2 is 1.06 bits per heavy atom. The van der Waals surface area contributed by atoms with E-state index in [1.165, 1.54) is 22.3 Å². The molecule has 3 nitrogen and oxygen atoms in total. The maximum Gasteiger partial charge on any atom is 0.0490 e. The summed E-state index contributed by atoms with van der Waals surface area (Å²) in [4.78, 5) is 2.27. The summed E-state index contributed by atoms with van der Waals surface area (Å²) in [7, 11) is 0. The fourth-order valence-corrected chi connectivity index (χ4v) is 4.28. The molecule has 0 radical (unpaired) electrons. The predicted molar refractivity (Wildman–Crippen MR) is 150 cm³/mol. The first-order valence-corrected chi connectivity index (χ1v) is 11.8. The van der Waals surface area contributed by atoms with Gasteiger partial charge in [-0.25, -0.2) is 0 Å². The number of aryl methyl sites for hydroxylation is 2. The van der Waals surface area contributed by atoms with Crippen molar-refractivity contribution in [3.8, 4) is 11.1 Å². The first kappa shape index (κ1) is 22.3. The molecule has 0 spiro atoms. The van der Waals surface area contributed by atoms with Crippen molar-refractivity contribution in [3.63, 3.8) is 0 Å². The zero-order valence-electron chi connectivity index (χ0n) is 20.1. The van der Waals surface area contributed by atoms with Crippen LogP contribution in [0.1, 0.15) is 11.1 Å². The third-order valence-electron chi connectivity index (χ3n) is 6.28. The van der Waals surface area contributed by atoms with Crippen molar-refractivity contribution in [1.29, 1.82) is 0 Å². The molecule has 0 heterocycles. The van der Waals surface area contributed by atoms with Gasteiger partial charge in [-0.3, -0.25) is 0 Å². The molecular formula is C32H29N3. The van der Waals surface area contributed by atoms with Gasteiger partial charge in [0.25, 0.3) is 0 Å². The van der Waals surface area contributed by atoms with Gasteiger partial charge in [0, 0.05) is 34.1 Å². The van der Waals surface area contributed by atoms with Crippen LogP contribution in [0.4, 0.5) is 34.1 Å². The SMILES string of the molecule is Cc1ccccc1Nc1ccc(-c2ccc(N(c3ccc(N)cc3)c3ccccc3C)cc2)cc1. The molecular weight excluding hydrogens is 426 g/mol. The van der Waals surface area contributed by atoms with E-state index in [1.807, 2.05) is 12.1 Å². The number of para-hydroxylation sites is 2. The van der Waals surface area contributed by atoms with Crippen LogP contribution in [0.25, 0.3) is 11.1 Å². The van der Waals surface area contributed by atoms with E-state index >= 15 is 0 Å². The Hall–Kier alpha value is -4.50. The smallest absolute Gasteiger partial charge is 0.0490 e. The van der Waals surface area contributed by atoms with Crippen molar-refractivity contribution >= 4 is 34.1 Å². The molecule has 5 rings (SSSR count). The van der Waals surface area contributed by atoms with Crippen LogP contribution >= 0.6 is 0 Å². The summed E-state index contributed by atoms with van der Waals surface area (Å²) in [6, 6.07) is 42.1. The van der Waals surface area contributed by atoms with Gasteiger partial charge in [-0.2, -0.15) is 0 Å². The minimum absolute atomic E-state index is 0.759. The molecule has 0 aliphatic carbocycles. The van der Waals surface area contributed by atoms with Gasteiger partial charge in [-0.15, -0.1) is 0 Å². The van der Waals surface area contributed by atoms with Crippen molar-refractivity contribution in [2.75, 3.05) is 16.0 Å². The zero-order chi connectivity index (χ0) is 24.2. The van der Waals surface area contributed by atoms with E-state index in [1.54, 1.807) is 0 Å². The Labute approximate surface area is 207 Å². The summed E-state index contributed by atoms with van der Waals surface area (Å²) < 4.78 is 0. The Bertz CT molecular complexity index is 1420. The van der Waals surface area contributed by atoms with E-state index in [9.17, 15) is 0 Å². The maximum atomic E-state index is 5.96. The third-order valence-corrected chi connectivity index (χ3v) is 6.28. The quantitative estimate of drug-likeness (QED) is 0.251. The first-order chi connectivity index (χ1) is 17.1. The molecule has 0 aliphatic rings. The molecule has 0 atom stereocenters. The van der Waals surface area contributed by atoms with Crippen LogP contribution in [0.2, 0.25) is 0 Å². The lowest BCUT2D eigenvalue weighted by Crippen LogP contribution is -2.11. The van der Waals surface area contributed by atoms with Gasteiger partial charge >= 0.3 is 0 Å². The van der Waals surface area contributed by atoms with E-state index in [0.29, 0.717) is 0 Å². The highest BCUT2D eigenvalue weighted by molar-refractivity contribution is 5.80. The largest absolute Gasteiger partial charge is 0.399 e. The van der Waals surface area contributed by atoms with Crippen LogP contribution in [-0.2, 0) is 0 Å². The zero-order valence-corrected chi connectivity index (χ0v) is 20.1. The van der Waals surface area contributed by atoms with Gasteiger partial charge in [-0.1, -0.05) is 60.7 Å². The predicted octanol–water partition coefficient (Wildman–Crippen LogP) is 8.77. The normalized spacial score (nSPS) is 10.7. The number of nitrogens with two attached hydrogens (primary N) is 1. The van der Waals surface area contributed by atoms with Crippen LogP contribution in [0.3, 0.4) is 0 Å². The van der Waals surface area contributed by atoms with Crippen molar-refractivity contribution < 1.29 is 0 Å². The Kier molecular flexibility index (Phi) is 6.23. The molecule has 0 aromatic heterocycles. The molecule has 5 aromatic carbocycles. The number of rotatable bonds is 6. The Morgan fingerprint density at radius 3 is 1.66 bits per heavy atom. The lowest BCUT2D eigenvalue weighted by molar-refractivity contribution is 1.25. The number of hydrogen-bond acceptors (Lipinski definition) is 3. The van der Waals surface area contributed by atoms with E-state index < -0.39 is 0 Å². The van der Waals surface area contributed by atoms with Crippen molar-refractivity contribution in [3.05, 3.63) is 132 Å². The van der Waals surface area contributed by atoms with Gasteiger partial charge < -0.3 is 16.0 Å². The van der Waals surface area contributed by atoms with Crippen LogP contribution in [0.15, 0.2) is 121 Å². The van der Waals surface area contributed by atoms with Crippen LogP contribution in [0.5, 0.6) is 0 Å². The van der Waals surface area contributed by atoms with Crippen molar-refractivity contribution in [2.45, 2.75) is 13.8 Å². The summed E-state index contributed by atoms with van der Waals surface area (Å²) in [5, 5.41) is 3.50. The molecule has 0 amide bonds. The molecule has 0 saturated carbocycles. The molecule has 0 aliphatic heterocycles. The fraction of sp³-hybridized carbons (Fsp3) is 0.0625. The van der Waals surface area contributed by atoms with Gasteiger partial charge in [0.1, 0.15) is 0 Å². The number of hydrogen-bond donors (Lipinski definition) is 2. The monoisotopic (exact) mass is 455 g/mol. The average molecular weight is 456 g/mol. The second-order valence-corrected chi connectivity index (χ2v) is 8.78. The Morgan fingerprint density at radius 1 is 0.543 bits per heavy atom. The van der Waals surface area contributed by atoms with Crippen molar-refractivity contribution in [2.24, 2.45) is 0 Å². The molecule has 0 unspecified atom stereocenters. The number of anilines is 6. The standard InChI is InChI=1S/C32H29N3/c1-23-7-3-5-9-31(23)34-28-17-11-25(12-18-28)26-13-19-29(20-14-26)35(30-21-15-27(33)16-22-30)32-10-6-4-8-24(32)2/h3-22,34H,33H2,1-2H3. The number of benzene rings is 5. The van der Waals surface area contributed by atoms with Crippen LogP contribution < -0.4 is 16.0 Å². The van der Waals surface area contributed by atoms with Crippen molar-refractivity contribution in [1.82, 2.24) is 0 Å². The fourth-order valence-electron chi connectivity index (χ4n) is 4.28. The van der Waals surface area contributed by atoms with Gasteiger partial charge in [0.15, 0.2) is 0 Å². The number of nitrogen functional groups attached to an aromatic ring is 1. The minimum Gasteiger partial charge on any atom is -0.399 e. The second kappa shape index (κ2) is 9.78. The summed E-state index contributed by atoms with van der Waals surface area (Å²) in [5.74, 6) is 0. The Balaban J connectivity index is 1.43. The van der Waals surface area contributed by atoms with Gasteiger partial charge in [0.05, 0.1) is 0 Å². The summed E-state index contributed by atoms with van der Waals surface area (Å²) in [6.07, 6.45) is 0. The summed E-state index contributed by atoms with van der Waals surface area (Å²) >= 11 is 0. The van der Waals surface area contributed by atoms with E-state index in [0.717, 1.165) is 34.1 Å². The first-order valence-electron chi connectivity index (χ1n) is 11.8. The van der Waals surface area contributed by atoms with E-state index in [-0.39, 0.29) is 0 Å². The molecule has 172 valence electrons. The number of nitrogens with zero attached hydrogens (tertiary/aromatic N) is 1. The second-order valence-electron chi connectivity index (χ2n) is 8.78. The van der Waals surface area contributed by atoms with Gasteiger partial charge in [-0.05, 0) is 96.8 Å². The lowest BCUT2D eigenvalue weighted by atomic mass is 10.0. The molecule has 0 bridgehead atoms. The van der Waals surface area contributed by atoms with Gasteiger partial charge in [0.2, 0.25) is 0 Å². The molecule has 35 heavy (non-hydrogen) atoms.